The second kappa shape index (κ2) is 7.11. The molecule has 2 aromatic heterocycles. The van der Waals surface area contributed by atoms with Crippen LogP contribution in [0.3, 0.4) is 0 Å². The molecule has 0 radical (unpaired) electrons. The summed E-state index contributed by atoms with van der Waals surface area (Å²) in [5, 5.41) is 7.19. The van der Waals surface area contributed by atoms with Crippen LogP contribution in [-0.4, -0.2) is 46.5 Å². The van der Waals surface area contributed by atoms with Gasteiger partial charge in [-0.2, -0.15) is 5.10 Å². The smallest absolute Gasteiger partial charge is 0.258 e. The fourth-order valence-electron chi connectivity index (χ4n) is 3.47. The zero-order valence-electron chi connectivity index (χ0n) is 15.0. The molecule has 4 rings (SSSR count). The molecule has 138 valence electrons. The molecule has 0 bridgehead atoms. The molecule has 7 nitrogen and oxygen atoms in total. The van der Waals surface area contributed by atoms with Crippen LogP contribution in [0.5, 0.6) is 5.88 Å². The van der Waals surface area contributed by atoms with E-state index in [0.717, 1.165) is 5.56 Å². The highest BCUT2D eigenvalue weighted by atomic mass is 16.5. The minimum absolute atomic E-state index is 0.166. The fourth-order valence-corrected chi connectivity index (χ4v) is 3.47. The van der Waals surface area contributed by atoms with Crippen molar-refractivity contribution in [3.05, 3.63) is 65.9 Å². The quantitative estimate of drug-likeness (QED) is 0.772. The average Bonchev–Trinajstić information content (AvgIpc) is 3.04. The van der Waals surface area contributed by atoms with Crippen LogP contribution < -0.4 is 10.1 Å². The van der Waals surface area contributed by atoms with Crippen molar-refractivity contribution in [2.45, 2.75) is 12.5 Å². The Morgan fingerprint density at radius 3 is 2.78 bits per heavy atom. The third-order valence-corrected chi connectivity index (χ3v) is 4.76. The van der Waals surface area contributed by atoms with Gasteiger partial charge in [-0.25, -0.2) is 4.52 Å². The molecule has 7 heteroatoms. The number of aromatic nitrogens is 2. The molecule has 0 saturated carbocycles. The lowest BCUT2D eigenvalue weighted by Gasteiger charge is -2.28. The Morgan fingerprint density at radius 1 is 1.19 bits per heavy atom. The topological polar surface area (TPSA) is 75.9 Å². The molecular weight excluding hydrogens is 344 g/mol. The summed E-state index contributed by atoms with van der Waals surface area (Å²) in [5.74, 6) is 0.157. The van der Waals surface area contributed by atoms with Crippen molar-refractivity contribution in [1.29, 1.82) is 0 Å². The Balaban J connectivity index is 1.78. The zero-order valence-corrected chi connectivity index (χ0v) is 15.0. The number of ether oxygens (including phenoxy) is 1. The van der Waals surface area contributed by atoms with Crippen molar-refractivity contribution in [2.75, 3.05) is 20.2 Å². The molecule has 1 aliphatic heterocycles. The van der Waals surface area contributed by atoms with Crippen molar-refractivity contribution in [3.63, 3.8) is 0 Å². The van der Waals surface area contributed by atoms with Gasteiger partial charge in [0.15, 0.2) is 0 Å². The third kappa shape index (κ3) is 3.01. The van der Waals surface area contributed by atoms with Crippen molar-refractivity contribution in [1.82, 2.24) is 19.8 Å². The van der Waals surface area contributed by atoms with Crippen LogP contribution in [0.15, 0.2) is 54.7 Å². The highest BCUT2D eigenvalue weighted by Gasteiger charge is 2.34. The first kappa shape index (κ1) is 17.1. The number of benzene rings is 1. The van der Waals surface area contributed by atoms with Gasteiger partial charge in [-0.3, -0.25) is 9.59 Å². The van der Waals surface area contributed by atoms with Crippen LogP contribution in [0.4, 0.5) is 0 Å². The summed E-state index contributed by atoms with van der Waals surface area (Å²) in [7, 11) is 1.56. The van der Waals surface area contributed by atoms with E-state index in [1.54, 1.807) is 22.6 Å². The lowest BCUT2D eigenvalue weighted by molar-refractivity contribution is -0.125. The zero-order chi connectivity index (χ0) is 18.8. The van der Waals surface area contributed by atoms with Crippen LogP contribution in [0.1, 0.15) is 28.4 Å². The first-order valence-electron chi connectivity index (χ1n) is 8.85. The van der Waals surface area contributed by atoms with Gasteiger partial charge in [-0.1, -0.05) is 36.4 Å². The molecule has 0 spiro atoms. The number of hydrogen-bond acceptors (Lipinski definition) is 4. The Bertz CT molecular complexity index is 983. The van der Waals surface area contributed by atoms with Gasteiger partial charge >= 0.3 is 0 Å². The molecule has 3 heterocycles. The molecule has 1 aromatic carbocycles. The van der Waals surface area contributed by atoms with Gasteiger partial charge in [0.25, 0.3) is 5.91 Å². The number of methoxy groups -OCH3 is 1. The number of rotatable bonds is 3. The van der Waals surface area contributed by atoms with Crippen LogP contribution >= 0.6 is 0 Å². The summed E-state index contributed by atoms with van der Waals surface area (Å²) in [6, 6.07) is 14.1. The maximum Gasteiger partial charge on any atom is 0.258 e. The van der Waals surface area contributed by atoms with E-state index in [1.807, 2.05) is 42.5 Å². The number of amides is 2. The van der Waals surface area contributed by atoms with Crippen LogP contribution in [-0.2, 0) is 4.79 Å². The lowest BCUT2D eigenvalue weighted by Crippen LogP contribution is -2.40. The molecule has 1 atom stereocenters. The van der Waals surface area contributed by atoms with Gasteiger partial charge in [-0.05, 0) is 18.1 Å². The Labute approximate surface area is 156 Å². The minimum atomic E-state index is -0.665. The van der Waals surface area contributed by atoms with E-state index in [-0.39, 0.29) is 11.8 Å². The van der Waals surface area contributed by atoms with Gasteiger partial charge in [0.1, 0.15) is 6.04 Å². The molecular formula is C20H20N4O3. The van der Waals surface area contributed by atoms with E-state index in [9.17, 15) is 9.59 Å². The molecule has 1 fully saturated rings. The van der Waals surface area contributed by atoms with Crippen LogP contribution in [0, 0.1) is 0 Å². The van der Waals surface area contributed by atoms with E-state index < -0.39 is 6.04 Å². The molecule has 1 saturated heterocycles. The number of hydrogen-bond donors (Lipinski definition) is 1. The molecule has 1 aliphatic rings. The maximum absolute atomic E-state index is 13.4. The third-order valence-electron chi connectivity index (χ3n) is 4.76. The van der Waals surface area contributed by atoms with Crippen molar-refractivity contribution in [3.8, 4) is 5.88 Å². The summed E-state index contributed by atoms with van der Waals surface area (Å²) in [6.45, 7) is 1.03. The van der Waals surface area contributed by atoms with Crippen molar-refractivity contribution >= 4 is 17.3 Å². The molecule has 1 N–H and O–H groups in total. The number of carbonyl (C=O) groups excluding carboxylic acids is 2. The predicted octanol–water partition coefficient (Wildman–Crippen LogP) is 2.05. The second-order valence-electron chi connectivity index (χ2n) is 6.38. The number of carbonyl (C=O) groups is 2. The summed E-state index contributed by atoms with van der Waals surface area (Å²) in [6.07, 6.45) is 2.23. The average molecular weight is 364 g/mol. The number of fused-ring (bicyclic) bond motifs is 1. The predicted molar refractivity (Wildman–Crippen MR) is 99.6 cm³/mol. The Morgan fingerprint density at radius 2 is 2.00 bits per heavy atom. The summed E-state index contributed by atoms with van der Waals surface area (Å²) >= 11 is 0. The molecule has 1 unspecified atom stereocenters. The first-order valence-corrected chi connectivity index (χ1v) is 8.85. The van der Waals surface area contributed by atoms with E-state index >= 15 is 0 Å². The first-order chi connectivity index (χ1) is 13.2. The van der Waals surface area contributed by atoms with Gasteiger partial charge < -0.3 is 15.0 Å². The molecule has 27 heavy (non-hydrogen) atoms. The molecule has 0 aliphatic carbocycles. The number of nitrogens with one attached hydrogen (secondary N) is 1. The van der Waals surface area contributed by atoms with Gasteiger partial charge in [-0.15, -0.1) is 0 Å². The number of nitrogens with zero attached hydrogens (tertiary/aromatic N) is 3. The van der Waals surface area contributed by atoms with Gasteiger partial charge in [0, 0.05) is 19.2 Å². The van der Waals surface area contributed by atoms with Crippen molar-refractivity contribution < 1.29 is 14.3 Å². The Hall–Kier alpha value is -3.35. The monoisotopic (exact) mass is 364 g/mol. The lowest BCUT2D eigenvalue weighted by atomic mass is 10.0. The normalized spacial score (nSPS) is 17.4. The van der Waals surface area contributed by atoms with E-state index in [2.05, 4.69) is 10.4 Å². The second-order valence-corrected chi connectivity index (χ2v) is 6.38. The van der Waals surface area contributed by atoms with Crippen LogP contribution in [0.2, 0.25) is 0 Å². The van der Waals surface area contributed by atoms with E-state index in [4.69, 9.17) is 4.74 Å². The van der Waals surface area contributed by atoms with E-state index in [0.29, 0.717) is 36.5 Å². The number of pyridine rings is 1. The maximum atomic E-state index is 13.4. The minimum Gasteiger partial charge on any atom is -0.481 e. The van der Waals surface area contributed by atoms with Gasteiger partial charge in [0.2, 0.25) is 11.8 Å². The summed E-state index contributed by atoms with van der Waals surface area (Å²) in [4.78, 5) is 27.8. The molecule has 2 amide bonds. The summed E-state index contributed by atoms with van der Waals surface area (Å²) in [5.41, 5.74) is 1.89. The van der Waals surface area contributed by atoms with Crippen molar-refractivity contribution in [2.24, 2.45) is 0 Å². The van der Waals surface area contributed by atoms with Crippen LogP contribution in [0.25, 0.3) is 5.52 Å². The fraction of sp³-hybridized carbons (Fsp3) is 0.250. The summed E-state index contributed by atoms with van der Waals surface area (Å²) < 4.78 is 6.89. The highest BCUT2D eigenvalue weighted by molar-refractivity contribution is 6.03. The SMILES string of the molecule is COc1cccc2c(C(=O)N3CCCNC(=O)C3c3ccccc3)cnn12. The highest BCUT2D eigenvalue weighted by Crippen LogP contribution is 2.27. The molecule has 3 aromatic rings. The largest absolute Gasteiger partial charge is 0.481 e. The van der Waals surface area contributed by atoms with E-state index in [1.165, 1.54) is 6.20 Å². The Kier molecular flexibility index (Phi) is 4.50. The standard InChI is InChI=1S/C20H20N4O3/c1-27-17-10-5-9-16-15(13-22-24(16)17)20(26)23-12-6-11-21-19(25)18(23)14-7-3-2-4-8-14/h2-5,7-10,13,18H,6,11-12H2,1H3,(H,21,25). The van der Waals surface area contributed by atoms with Gasteiger partial charge in [0.05, 0.1) is 24.4 Å².